The Morgan fingerprint density at radius 1 is 1.30 bits per heavy atom. The van der Waals surface area contributed by atoms with Crippen molar-refractivity contribution in [1.82, 2.24) is 9.88 Å². The second-order valence-corrected chi connectivity index (χ2v) is 6.59. The van der Waals surface area contributed by atoms with Crippen LogP contribution in [0, 0.1) is 0 Å². The van der Waals surface area contributed by atoms with Gasteiger partial charge < -0.3 is 19.7 Å². The van der Waals surface area contributed by atoms with Crippen molar-refractivity contribution in [1.29, 1.82) is 0 Å². The summed E-state index contributed by atoms with van der Waals surface area (Å²) < 4.78 is 7.17. The second kappa shape index (κ2) is 8.07. The number of carbonyl (C=O) groups excluding carboxylic acids is 1. The van der Waals surface area contributed by atoms with E-state index in [1.165, 1.54) is 10.8 Å². The van der Waals surface area contributed by atoms with Gasteiger partial charge in [0.25, 0.3) is 5.91 Å². The molecular weight excluding hydrogens is 348 g/mol. The van der Waals surface area contributed by atoms with Crippen LogP contribution in [0.5, 0.6) is 5.75 Å². The van der Waals surface area contributed by atoms with Crippen LogP contribution >= 0.6 is 0 Å². The number of benzene rings is 1. The molecule has 1 aromatic carbocycles. The molecule has 1 aromatic heterocycles. The molecule has 0 radical (unpaired) electrons. The maximum absolute atomic E-state index is 12.6. The molecule has 0 spiro atoms. The maximum Gasteiger partial charge on any atom is 0.341 e. The van der Waals surface area contributed by atoms with Crippen LogP contribution in [0.1, 0.15) is 52.6 Å². The molecule has 1 aliphatic heterocycles. The third-order valence-corrected chi connectivity index (χ3v) is 4.57. The van der Waals surface area contributed by atoms with Gasteiger partial charge in [0.15, 0.2) is 11.4 Å². The Bertz CT molecular complexity index is 905. The van der Waals surface area contributed by atoms with Gasteiger partial charge in [-0.15, -0.1) is 0 Å². The molecule has 1 atom stereocenters. The van der Waals surface area contributed by atoms with Crippen molar-refractivity contribution in [2.75, 3.05) is 0 Å². The molecule has 0 aliphatic carbocycles. The van der Waals surface area contributed by atoms with Crippen LogP contribution in [0.4, 0.5) is 0 Å². The SMILES string of the molecule is CCCC[C@@H]1Cn2cc(C(=O)O)c(=O)c(OCc3ccccc3)c2C(=O)N1. The van der Waals surface area contributed by atoms with Crippen LogP contribution in [-0.2, 0) is 13.2 Å². The molecule has 7 heteroatoms. The number of nitrogens with one attached hydrogen (secondary N) is 1. The highest BCUT2D eigenvalue weighted by atomic mass is 16.5. The molecular formula is C20H22N2O5. The molecule has 2 heterocycles. The van der Waals surface area contributed by atoms with Crippen molar-refractivity contribution in [3.05, 3.63) is 63.6 Å². The molecule has 0 bridgehead atoms. The van der Waals surface area contributed by atoms with E-state index < -0.39 is 22.9 Å². The van der Waals surface area contributed by atoms with Gasteiger partial charge in [0, 0.05) is 18.8 Å². The number of rotatable bonds is 7. The highest BCUT2D eigenvalue weighted by molar-refractivity contribution is 5.97. The number of aromatic carboxylic acids is 1. The molecule has 2 N–H and O–H groups in total. The molecule has 2 aromatic rings. The molecule has 142 valence electrons. The molecule has 0 saturated carbocycles. The average Bonchev–Trinajstić information content (AvgIpc) is 2.66. The van der Waals surface area contributed by atoms with E-state index in [4.69, 9.17) is 4.74 Å². The van der Waals surface area contributed by atoms with Crippen molar-refractivity contribution in [3.8, 4) is 5.75 Å². The summed E-state index contributed by atoms with van der Waals surface area (Å²) in [5, 5.41) is 12.3. The second-order valence-electron chi connectivity index (χ2n) is 6.59. The third kappa shape index (κ3) is 4.02. The lowest BCUT2D eigenvalue weighted by atomic mass is 10.1. The summed E-state index contributed by atoms with van der Waals surface area (Å²) >= 11 is 0. The zero-order valence-corrected chi connectivity index (χ0v) is 15.1. The molecule has 1 amide bonds. The molecule has 7 nitrogen and oxygen atoms in total. The number of hydrogen-bond donors (Lipinski definition) is 2. The summed E-state index contributed by atoms with van der Waals surface area (Å²) in [5.41, 5.74) is -0.292. The van der Waals surface area contributed by atoms with Crippen LogP contribution < -0.4 is 15.5 Å². The quantitative estimate of drug-likeness (QED) is 0.780. The van der Waals surface area contributed by atoms with Crippen molar-refractivity contribution in [3.63, 3.8) is 0 Å². The lowest BCUT2D eigenvalue weighted by molar-refractivity contribution is 0.0690. The maximum atomic E-state index is 12.6. The standard InChI is InChI=1S/C20H22N2O5/c1-2-3-9-14-10-22-11-15(20(25)26)17(23)18(16(22)19(24)21-14)27-12-13-7-5-4-6-8-13/h4-8,11,14H,2-3,9-10,12H2,1H3,(H,21,24)(H,25,26)/t14-/m1/s1. The van der Waals surface area contributed by atoms with Crippen LogP contribution in [0.2, 0.25) is 0 Å². The number of hydrogen-bond acceptors (Lipinski definition) is 4. The number of amides is 1. The highest BCUT2D eigenvalue weighted by Crippen LogP contribution is 2.22. The van der Waals surface area contributed by atoms with Gasteiger partial charge >= 0.3 is 5.97 Å². The van der Waals surface area contributed by atoms with Crippen LogP contribution in [0.3, 0.4) is 0 Å². The van der Waals surface area contributed by atoms with Gasteiger partial charge in [0.2, 0.25) is 5.43 Å². The fourth-order valence-corrected chi connectivity index (χ4v) is 3.18. The van der Waals surface area contributed by atoms with E-state index in [-0.39, 0.29) is 24.1 Å². The predicted molar refractivity (Wildman–Crippen MR) is 99.2 cm³/mol. The van der Waals surface area contributed by atoms with Crippen molar-refractivity contribution < 1.29 is 19.4 Å². The van der Waals surface area contributed by atoms with Gasteiger partial charge in [0.05, 0.1) is 0 Å². The predicted octanol–water partition coefficient (Wildman–Crippen LogP) is 2.43. The van der Waals surface area contributed by atoms with Gasteiger partial charge in [-0.05, 0) is 12.0 Å². The minimum Gasteiger partial charge on any atom is -0.483 e. The lowest BCUT2D eigenvalue weighted by Gasteiger charge is -2.29. The third-order valence-electron chi connectivity index (χ3n) is 4.57. The van der Waals surface area contributed by atoms with E-state index in [2.05, 4.69) is 12.2 Å². The molecule has 0 unspecified atom stereocenters. The van der Waals surface area contributed by atoms with Gasteiger partial charge in [-0.1, -0.05) is 50.1 Å². The van der Waals surface area contributed by atoms with Crippen LogP contribution in [0.25, 0.3) is 0 Å². The van der Waals surface area contributed by atoms with Gasteiger partial charge in [-0.25, -0.2) is 4.79 Å². The Balaban J connectivity index is 1.99. The monoisotopic (exact) mass is 370 g/mol. The Morgan fingerprint density at radius 2 is 2.04 bits per heavy atom. The number of fused-ring (bicyclic) bond motifs is 1. The normalized spacial score (nSPS) is 15.7. The summed E-state index contributed by atoms with van der Waals surface area (Å²) in [6.07, 6.45) is 3.97. The first-order chi connectivity index (χ1) is 13.0. The van der Waals surface area contributed by atoms with Crippen molar-refractivity contribution in [2.24, 2.45) is 0 Å². The number of nitrogens with zero attached hydrogens (tertiary/aromatic N) is 1. The van der Waals surface area contributed by atoms with E-state index in [0.29, 0.717) is 6.54 Å². The fraction of sp³-hybridized carbons (Fsp3) is 0.350. The summed E-state index contributed by atoms with van der Waals surface area (Å²) in [7, 11) is 0. The summed E-state index contributed by atoms with van der Waals surface area (Å²) in [4.78, 5) is 36.7. The number of unbranched alkanes of at least 4 members (excludes halogenated alkanes) is 1. The number of carboxylic acids is 1. The smallest absolute Gasteiger partial charge is 0.341 e. The van der Waals surface area contributed by atoms with E-state index in [1.807, 2.05) is 30.3 Å². The topological polar surface area (TPSA) is 97.6 Å². The van der Waals surface area contributed by atoms with E-state index in [0.717, 1.165) is 24.8 Å². The van der Waals surface area contributed by atoms with E-state index in [1.54, 1.807) is 0 Å². The fourth-order valence-electron chi connectivity index (χ4n) is 3.18. The Hall–Kier alpha value is -3.09. The molecule has 3 rings (SSSR count). The number of carboxylic acid groups (broad SMARTS) is 1. The summed E-state index contributed by atoms with van der Waals surface area (Å²) in [6, 6.07) is 9.07. The Morgan fingerprint density at radius 3 is 2.70 bits per heavy atom. The van der Waals surface area contributed by atoms with Crippen molar-refractivity contribution >= 4 is 11.9 Å². The Kier molecular flexibility index (Phi) is 5.59. The Labute approximate surface area is 156 Å². The van der Waals surface area contributed by atoms with Crippen LogP contribution in [-0.4, -0.2) is 27.6 Å². The van der Waals surface area contributed by atoms with Gasteiger partial charge in [-0.3, -0.25) is 9.59 Å². The van der Waals surface area contributed by atoms with E-state index in [9.17, 15) is 19.5 Å². The van der Waals surface area contributed by atoms with Gasteiger partial charge in [-0.2, -0.15) is 0 Å². The number of pyridine rings is 1. The van der Waals surface area contributed by atoms with Crippen LogP contribution in [0.15, 0.2) is 41.3 Å². The number of ether oxygens (including phenoxy) is 1. The van der Waals surface area contributed by atoms with Gasteiger partial charge in [0.1, 0.15) is 12.2 Å². The highest BCUT2D eigenvalue weighted by Gasteiger charge is 2.31. The largest absolute Gasteiger partial charge is 0.483 e. The molecule has 0 saturated heterocycles. The lowest BCUT2D eigenvalue weighted by Crippen LogP contribution is -2.46. The number of carbonyl (C=O) groups is 2. The van der Waals surface area contributed by atoms with Crippen molar-refractivity contribution in [2.45, 2.75) is 45.4 Å². The van der Waals surface area contributed by atoms with E-state index >= 15 is 0 Å². The molecule has 1 aliphatic rings. The number of aromatic nitrogens is 1. The average molecular weight is 370 g/mol. The first-order valence-electron chi connectivity index (χ1n) is 8.99. The summed E-state index contributed by atoms with van der Waals surface area (Å²) in [6.45, 7) is 2.54. The first kappa shape index (κ1) is 18.7. The zero-order chi connectivity index (χ0) is 19.4. The minimum atomic E-state index is -1.34. The molecule has 0 fully saturated rings. The minimum absolute atomic E-state index is 0.0682. The summed E-state index contributed by atoms with van der Waals surface area (Å²) in [5.74, 6) is -1.97. The molecule has 27 heavy (non-hydrogen) atoms. The first-order valence-corrected chi connectivity index (χ1v) is 8.99. The zero-order valence-electron chi connectivity index (χ0n) is 15.1.